The van der Waals surface area contributed by atoms with Crippen molar-refractivity contribution in [2.75, 3.05) is 18.8 Å². The molecule has 5 heteroatoms. The second-order valence-corrected chi connectivity index (χ2v) is 7.98. The number of rotatable bonds is 7. The van der Waals surface area contributed by atoms with Gasteiger partial charge in [-0.05, 0) is 25.2 Å². The van der Waals surface area contributed by atoms with Crippen molar-refractivity contribution in [1.29, 1.82) is 0 Å². The summed E-state index contributed by atoms with van der Waals surface area (Å²) in [7, 11) is -3.17. The van der Waals surface area contributed by atoms with Crippen molar-refractivity contribution in [3.63, 3.8) is 0 Å². The van der Waals surface area contributed by atoms with E-state index in [9.17, 15) is 8.42 Å². The van der Waals surface area contributed by atoms with E-state index in [0.29, 0.717) is 19.0 Å². The number of sulfonamides is 1. The lowest BCUT2D eigenvalue weighted by molar-refractivity contribution is 0.113. The van der Waals surface area contributed by atoms with Gasteiger partial charge in [-0.3, -0.25) is 0 Å². The van der Waals surface area contributed by atoms with E-state index in [4.69, 9.17) is 5.73 Å². The van der Waals surface area contributed by atoms with Crippen LogP contribution in [0.4, 0.5) is 0 Å². The van der Waals surface area contributed by atoms with Crippen LogP contribution in [-0.4, -0.2) is 37.1 Å². The lowest BCUT2D eigenvalue weighted by Crippen LogP contribution is -2.58. The van der Waals surface area contributed by atoms with Gasteiger partial charge in [0.05, 0.1) is 5.75 Å². The minimum Gasteiger partial charge on any atom is -0.329 e. The first kappa shape index (κ1) is 16.9. The molecule has 19 heavy (non-hydrogen) atoms. The Kier molecular flexibility index (Phi) is 6.27. The van der Waals surface area contributed by atoms with Crippen molar-refractivity contribution >= 4 is 10.0 Å². The molecular formula is C14H30N2O2S. The van der Waals surface area contributed by atoms with E-state index in [1.165, 1.54) is 6.42 Å². The zero-order valence-corrected chi connectivity index (χ0v) is 13.5. The highest BCUT2D eigenvalue weighted by Crippen LogP contribution is 2.37. The molecule has 1 aliphatic rings. The fourth-order valence-electron chi connectivity index (χ4n) is 3.41. The van der Waals surface area contributed by atoms with Crippen LogP contribution in [0.25, 0.3) is 0 Å². The smallest absolute Gasteiger partial charge is 0.214 e. The minimum atomic E-state index is -3.17. The summed E-state index contributed by atoms with van der Waals surface area (Å²) >= 11 is 0. The van der Waals surface area contributed by atoms with Crippen LogP contribution in [0, 0.1) is 5.92 Å². The van der Waals surface area contributed by atoms with Crippen LogP contribution in [-0.2, 0) is 10.0 Å². The van der Waals surface area contributed by atoms with Gasteiger partial charge in [0.1, 0.15) is 0 Å². The highest BCUT2D eigenvalue weighted by molar-refractivity contribution is 7.89. The summed E-state index contributed by atoms with van der Waals surface area (Å²) in [6.45, 7) is 7.13. The van der Waals surface area contributed by atoms with E-state index in [1.54, 1.807) is 4.31 Å². The van der Waals surface area contributed by atoms with Crippen LogP contribution in [0.2, 0.25) is 0 Å². The Balaban J connectivity index is 2.98. The quantitative estimate of drug-likeness (QED) is 0.783. The highest BCUT2D eigenvalue weighted by atomic mass is 32.2. The summed E-state index contributed by atoms with van der Waals surface area (Å²) in [5, 5.41) is 0. The molecule has 0 heterocycles. The number of nitrogens with two attached hydrogens (primary N) is 1. The summed E-state index contributed by atoms with van der Waals surface area (Å²) in [4.78, 5) is 0. The van der Waals surface area contributed by atoms with E-state index in [-0.39, 0.29) is 11.3 Å². The molecule has 114 valence electrons. The van der Waals surface area contributed by atoms with Gasteiger partial charge in [-0.15, -0.1) is 0 Å². The Morgan fingerprint density at radius 1 is 1.37 bits per heavy atom. The Hall–Kier alpha value is -0.130. The van der Waals surface area contributed by atoms with Crippen LogP contribution >= 0.6 is 0 Å². The number of nitrogens with zero attached hydrogens (tertiary/aromatic N) is 1. The fourth-order valence-corrected chi connectivity index (χ4v) is 5.51. The second kappa shape index (κ2) is 7.04. The van der Waals surface area contributed by atoms with E-state index in [0.717, 1.165) is 32.1 Å². The summed E-state index contributed by atoms with van der Waals surface area (Å²) in [5.41, 5.74) is 5.66. The zero-order chi connectivity index (χ0) is 14.5. The van der Waals surface area contributed by atoms with Crippen LogP contribution in [0.3, 0.4) is 0 Å². The van der Waals surface area contributed by atoms with Gasteiger partial charge in [-0.2, -0.15) is 4.31 Å². The number of unbranched alkanes of at least 4 members (excludes halogenated alkanes) is 1. The van der Waals surface area contributed by atoms with Gasteiger partial charge >= 0.3 is 0 Å². The molecule has 4 nitrogen and oxygen atoms in total. The molecule has 2 atom stereocenters. The lowest BCUT2D eigenvalue weighted by Gasteiger charge is -2.46. The molecule has 0 aromatic rings. The van der Waals surface area contributed by atoms with Gasteiger partial charge in [0.2, 0.25) is 10.0 Å². The summed E-state index contributed by atoms with van der Waals surface area (Å²) in [5.74, 6) is 0.820. The SMILES string of the molecule is CCCCS(=O)(=O)N(CC)C1(CN)CCCC(C)C1. The maximum Gasteiger partial charge on any atom is 0.214 e. The molecule has 0 aromatic carbocycles. The van der Waals surface area contributed by atoms with Crippen molar-refractivity contribution in [3.8, 4) is 0 Å². The van der Waals surface area contributed by atoms with E-state index in [2.05, 4.69) is 6.92 Å². The summed E-state index contributed by atoms with van der Waals surface area (Å²) < 4.78 is 26.8. The maximum atomic E-state index is 12.6. The molecule has 0 spiro atoms. The molecule has 0 radical (unpaired) electrons. The third kappa shape index (κ3) is 3.92. The largest absolute Gasteiger partial charge is 0.329 e. The van der Waals surface area contributed by atoms with Gasteiger partial charge < -0.3 is 5.73 Å². The topological polar surface area (TPSA) is 63.4 Å². The molecule has 1 fully saturated rings. The first-order valence-corrected chi connectivity index (χ1v) is 9.23. The molecular weight excluding hydrogens is 260 g/mol. The molecule has 2 N–H and O–H groups in total. The Bertz CT molecular complexity index is 370. The molecule has 1 saturated carbocycles. The average molecular weight is 290 g/mol. The predicted molar refractivity (Wildman–Crippen MR) is 80.5 cm³/mol. The first-order chi connectivity index (χ1) is 8.91. The number of hydrogen-bond acceptors (Lipinski definition) is 3. The van der Waals surface area contributed by atoms with Crippen LogP contribution in [0.15, 0.2) is 0 Å². The standard InChI is InChI=1S/C14H30N2O2S/c1-4-6-10-19(17,18)16(5-2)14(12-15)9-7-8-13(3)11-14/h13H,4-12,15H2,1-3H3. The first-order valence-electron chi connectivity index (χ1n) is 7.62. The van der Waals surface area contributed by atoms with Crippen molar-refractivity contribution in [2.24, 2.45) is 11.7 Å². The Labute approximate surface area is 118 Å². The molecule has 0 bridgehead atoms. The third-order valence-electron chi connectivity index (χ3n) is 4.36. The lowest BCUT2D eigenvalue weighted by atomic mass is 9.76. The van der Waals surface area contributed by atoms with Crippen molar-refractivity contribution in [2.45, 2.75) is 64.8 Å². The van der Waals surface area contributed by atoms with Crippen molar-refractivity contribution in [3.05, 3.63) is 0 Å². The summed E-state index contributed by atoms with van der Waals surface area (Å²) in [6.07, 6.45) is 5.72. The molecule has 0 aliphatic heterocycles. The van der Waals surface area contributed by atoms with Crippen LogP contribution in [0.1, 0.15) is 59.3 Å². The Morgan fingerprint density at radius 2 is 2.05 bits per heavy atom. The minimum absolute atomic E-state index is 0.257. The monoisotopic (exact) mass is 290 g/mol. The predicted octanol–water partition coefficient (Wildman–Crippen LogP) is 2.35. The van der Waals surface area contributed by atoms with Gasteiger partial charge in [0.15, 0.2) is 0 Å². The molecule has 0 aromatic heterocycles. The molecule has 2 unspecified atom stereocenters. The molecule has 1 rings (SSSR count). The van der Waals surface area contributed by atoms with Gasteiger partial charge in [-0.1, -0.05) is 40.0 Å². The molecule has 0 saturated heterocycles. The summed E-state index contributed by atoms with van der Waals surface area (Å²) in [6, 6.07) is 0. The van der Waals surface area contributed by atoms with Crippen LogP contribution in [0.5, 0.6) is 0 Å². The van der Waals surface area contributed by atoms with Crippen LogP contribution < -0.4 is 5.73 Å². The van der Waals surface area contributed by atoms with Gasteiger partial charge in [0, 0.05) is 18.6 Å². The number of likely N-dealkylation sites (N-methyl/N-ethyl adjacent to an activating group) is 1. The molecule has 0 amide bonds. The number of hydrogen-bond donors (Lipinski definition) is 1. The average Bonchev–Trinajstić information content (AvgIpc) is 2.37. The van der Waals surface area contributed by atoms with E-state index < -0.39 is 10.0 Å². The second-order valence-electron chi connectivity index (χ2n) is 5.96. The zero-order valence-electron chi connectivity index (χ0n) is 12.7. The van der Waals surface area contributed by atoms with Gasteiger partial charge in [0.25, 0.3) is 0 Å². The van der Waals surface area contributed by atoms with Gasteiger partial charge in [-0.25, -0.2) is 8.42 Å². The third-order valence-corrected chi connectivity index (χ3v) is 6.48. The van der Waals surface area contributed by atoms with E-state index >= 15 is 0 Å². The van der Waals surface area contributed by atoms with Crippen molar-refractivity contribution in [1.82, 2.24) is 4.31 Å². The fraction of sp³-hybridized carbons (Fsp3) is 1.00. The normalized spacial score (nSPS) is 28.8. The molecule has 1 aliphatic carbocycles. The van der Waals surface area contributed by atoms with Crippen molar-refractivity contribution < 1.29 is 8.42 Å². The Morgan fingerprint density at radius 3 is 2.53 bits per heavy atom. The maximum absolute atomic E-state index is 12.6. The van der Waals surface area contributed by atoms with E-state index in [1.807, 2.05) is 13.8 Å². The highest BCUT2D eigenvalue weighted by Gasteiger charge is 2.43.